The van der Waals surface area contributed by atoms with Crippen molar-refractivity contribution in [3.8, 4) is 56.0 Å². The lowest BCUT2D eigenvalue weighted by atomic mass is 9.72. The average Bonchev–Trinajstić information content (AvgIpc) is 0.642. The molecule has 0 aliphatic rings. The predicted octanol–water partition coefficient (Wildman–Crippen LogP) is 23.0. The lowest BCUT2D eigenvalue weighted by molar-refractivity contribution is -0.0504. The van der Waals surface area contributed by atoms with Gasteiger partial charge in [-0.2, -0.15) is 43.2 Å². The van der Waals surface area contributed by atoms with Crippen molar-refractivity contribution >= 4 is 150 Å². The summed E-state index contributed by atoms with van der Waals surface area (Å²) in [5, 5.41) is 16.5. The minimum atomic E-state index is -6.37. The highest BCUT2D eigenvalue weighted by Crippen LogP contribution is 2.63. The zero-order chi connectivity index (χ0) is 66.1. The zero-order valence-corrected chi connectivity index (χ0v) is 54.7. The third-order valence-electron chi connectivity index (χ3n) is 20.4. The van der Waals surface area contributed by atoms with Crippen LogP contribution in [0.1, 0.15) is 66.8 Å². The molecule has 0 amide bonds. The van der Waals surface area contributed by atoms with E-state index in [1.165, 1.54) is 24.3 Å². The third-order valence-corrected chi connectivity index (χ3v) is 22.3. The highest BCUT2D eigenvalue weighted by Gasteiger charge is 2.50. The fourth-order valence-electron chi connectivity index (χ4n) is 17.8. The van der Waals surface area contributed by atoms with E-state index >= 15 is 0 Å². The van der Waals surface area contributed by atoms with Gasteiger partial charge in [-0.3, -0.25) is 0 Å². The maximum absolute atomic E-state index is 14.8. The van der Waals surface area contributed by atoms with Crippen LogP contribution in [0.25, 0.3) is 174 Å². The van der Waals surface area contributed by atoms with Gasteiger partial charge in [-0.1, -0.05) is 70.8 Å². The number of fused-ring (bicyclic) bond motifs is 6. The Labute approximate surface area is 536 Å². The Bertz CT molecular complexity index is 6050. The second-order valence-electron chi connectivity index (χ2n) is 26.9. The van der Waals surface area contributed by atoms with E-state index in [1.54, 1.807) is 0 Å². The first-order valence-corrected chi connectivity index (χ1v) is 33.8. The number of alkyl halides is 6. The molecule has 0 saturated carbocycles. The van der Waals surface area contributed by atoms with E-state index in [0.717, 1.165) is 187 Å². The first-order valence-electron chi connectivity index (χ1n) is 31.0. The number of hydrogen-bond acceptors (Lipinski definition) is 6. The molecule has 17 rings (SSSR count). The SMILES string of the molecule is Cc1cc(C)c(-c2cc3c4cc(OS(=O)(=O)C(F)(F)F)cc5c6cc(OS(=O)(=O)C(F)(F)F)cc7c8cc(-c9c(C)cc(C)cc9C)cc9c%10cc(-c%11c(C)cc(C)cc%11C)cc%11c%12cc(-c%13c(C)cc(C)cc%13C)cc%13c(c2)c3c2c(c54)c(c67)c(c89)c(c%10%11)c2c%13%12)c(C)c1. The first kappa shape index (κ1) is 58.3. The van der Waals surface area contributed by atoms with Crippen molar-refractivity contribution in [2.24, 2.45) is 0 Å². The third kappa shape index (κ3) is 7.72. The molecule has 14 heteroatoms. The standard InChI is InChI=1S/C80H56F6O6S2/c1-33-13-37(5)63(38(6)14-33)45-21-51-52-22-46(64-39(7)15-34(2)16-40(64)8)24-54-56-26-48(66-43(11)19-36(4)20-44(66)12)28-58-60-30-50(92-94(89,90)80(84,85)86)32-62-61-31-49(91-93(87,88)79(81,82)83)29-59-57-27-47(65-41(9)17-35(3)18-42(65)10)25-55-53(23-45)67(51)73-74(68(52)54)76(70(56)58)78(72(60)62)77(71(59)61)75(73)69(55)57/h13-32H,1-12H3. The number of benzene rings is 17. The van der Waals surface area contributed by atoms with Crippen molar-refractivity contribution in [1.29, 1.82) is 0 Å². The molecule has 0 atom stereocenters. The van der Waals surface area contributed by atoms with Gasteiger partial charge in [0.2, 0.25) is 0 Å². The molecule has 0 heterocycles. The molecule has 0 unspecified atom stereocenters. The smallest absolute Gasteiger partial charge is 0.376 e. The molecule has 0 spiro atoms. The van der Waals surface area contributed by atoms with E-state index in [2.05, 4.69) is 126 Å². The van der Waals surface area contributed by atoms with Crippen molar-refractivity contribution < 1.29 is 51.5 Å². The zero-order valence-electron chi connectivity index (χ0n) is 53.1. The normalized spacial score (nSPS) is 13.4. The van der Waals surface area contributed by atoms with Crippen LogP contribution in [0.15, 0.2) is 121 Å². The van der Waals surface area contributed by atoms with Crippen LogP contribution >= 0.6 is 0 Å². The van der Waals surface area contributed by atoms with Gasteiger partial charge in [0.1, 0.15) is 11.5 Å². The molecule has 0 aliphatic heterocycles. The molecule has 0 saturated heterocycles. The second kappa shape index (κ2) is 18.7. The molecule has 17 aromatic rings. The van der Waals surface area contributed by atoms with Gasteiger partial charge >= 0.3 is 31.3 Å². The molecule has 6 nitrogen and oxygen atoms in total. The van der Waals surface area contributed by atoms with Crippen molar-refractivity contribution in [3.63, 3.8) is 0 Å². The molecule has 17 aromatic carbocycles. The van der Waals surface area contributed by atoms with Crippen molar-refractivity contribution in [2.45, 2.75) is 94.1 Å². The van der Waals surface area contributed by atoms with Gasteiger partial charge in [-0.05, 0) is 374 Å². The van der Waals surface area contributed by atoms with E-state index in [1.807, 2.05) is 53.7 Å². The van der Waals surface area contributed by atoms with Gasteiger partial charge in [-0.15, -0.1) is 0 Å². The number of aryl methyl sites for hydroxylation is 12. The Hall–Kier alpha value is -9.50. The first-order chi connectivity index (χ1) is 44.3. The summed E-state index contributed by atoms with van der Waals surface area (Å²) in [6.07, 6.45) is 0. The quantitative estimate of drug-likeness (QED) is 0.0495. The topological polar surface area (TPSA) is 86.7 Å². The van der Waals surface area contributed by atoms with Gasteiger partial charge in [-0.25, -0.2) is 0 Å². The monoisotopic (exact) mass is 1290 g/mol. The lowest BCUT2D eigenvalue weighted by Crippen LogP contribution is -2.28. The highest BCUT2D eigenvalue weighted by molar-refractivity contribution is 7.88. The van der Waals surface area contributed by atoms with Gasteiger partial charge in [0.05, 0.1) is 0 Å². The van der Waals surface area contributed by atoms with Crippen molar-refractivity contribution in [2.75, 3.05) is 0 Å². The molecule has 0 bridgehead atoms. The van der Waals surface area contributed by atoms with Crippen molar-refractivity contribution in [3.05, 3.63) is 188 Å². The van der Waals surface area contributed by atoms with E-state index in [-0.39, 0.29) is 10.8 Å². The summed E-state index contributed by atoms with van der Waals surface area (Å²) in [6.45, 7) is 24.9. The summed E-state index contributed by atoms with van der Waals surface area (Å²) >= 11 is 0. The molecule has 466 valence electrons. The number of halogens is 6. The Morgan fingerprint density at radius 2 is 0.383 bits per heavy atom. The molecule has 0 aliphatic carbocycles. The molecule has 0 N–H and O–H groups in total. The van der Waals surface area contributed by atoms with E-state index in [0.29, 0.717) is 43.1 Å². The Morgan fingerprint density at radius 3 is 0.532 bits per heavy atom. The van der Waals surface area contributed by atoms with Crippen LogP contribution in [-0.2, 0) is 20.2 Å². The minimum Gasteiger partial charge on any atom is -0.376 e. The summed E-state index contributed by atoms with van der Waals surface area (Å²) in [5.41, 5.74) is 8.10. The molecule has 94 heavy (non-hydrogen) atoms. The minimum absolute atomic E-state index is 0.0881. The van der Waals surface area contributed by atoms with Crippen LogP contribution in [0, 0.1) is 83.1 Å². The largest absolute Gasteiger partial charge is 0.534 e. The number of rotatable bonds is 8. The lowest BCUT2D eigenvalue weighted by Gasteiger charge is -2.30. The Kier molecular flexibility index (Phi) is 11.6. The molecular weight excluding hydrogens is 1230 g/mol. The molecule has 0 aromatic heterocycles. The van der Waals surface area contributed by atoms with E-state index in [9.17, 15) is 43.2 Å². The summed E-state index contributed by atoms with van der Waals surface area (Å²) in [4.78, 5) is 0. The van der Waals surface area contributed by atoms with Crippen LogP contribution in [-0.4, -0.2) is 27.9 Å². The summed E-state index contributed by atoms with van der Waals surface area (Å²) in [6, 6.07) is 39.8. The van der Waals surface area contributed by atoms with Crippen LogP contribution in [0.5, 0.6) is 11.5 Å². The van der Waals surface area contributed by atoms with Gasteiger partial charge in [0.15, 0.2) is 0 Å². The maximum atomic E-state index is 14.8. The Morgan fingerprint density at radius 1 is 0.234 bits per heavy atom. The summed E-state index contributed by atoms with van der Waals surface area (Å²) in [7, 11) is -12.7. The van der Waals surface area contributed by atoms with Gasteiger partial charge in [0, 0.05) is 0 Å². The predicted molar refractivity (Wildman–Crippen MR) is 373 cm³/mol. The van der Waals surface area contributed by atoms with E-state index in [4.69, 9.17) is 8.37 Å². The number of hydrogen-bond donors (Lipinski definition) is 0. The summed E-state index contributed by atoms with van der Waals surface area (Å²) in [5.74, 6) is -1.46. The van der Waals surface area contributed by atoms with Gasteiger partial charge in [0.25, 0.3) is 0 Å². The average molecular weight is 1290 g/mol. The van der Waals surface area contributed by atoms with Crippen molar-refractivity contribution in [1.82, 2.24) is 0 Å². The van der Waals surface area contributed by atoms with Crippen LogP contribution in [0.2, 0.25) is 0 Å². The molecular formula is C80H56F6O6S2. The van der Waals surface area contributed by atoms with E-state index < -0.39 is 42.8 Å². The fraction of sp³-hybridized carbons (Fsp3) is 0.175. The molecule has 0 radical (unpaired) electrons. The van der Waals surface area contributed by atoms with Gasteiger partial charge < -0.3 is 8.37 Å². The van der Waals surface area contributed by atoms with Crippen LogP contribution in [0.4, 0.5) is 26.3 Å². The maximum Gasteiger partial charge on any atom is 0.534 e. The highest BCUT2D eigenvalue weighted by atomic mass is 32.2. The summed E-state index contributed by atoms with van der Waals surface area (Å²) < 4.78 is 153. The van der Waals surface area contributed by atoms with Crippen LogP contribution in [0.3, 0.4) is 0 Å². The fourth-order valence-corrected chi connectivity index (χ4v) is 18.7. The second-order valence-corrected chi connectivity index (χ2v) is 30.0. The Balaban J connectivity index is 1.23. The molecule has 0 fully saturated rings. The van der Waals surface area contributed by atoms with Crippen LogP contribution < -0.4 is 8.37 Å².